The molecule has 0 aliphatic rings. The Morgan fingerprint density at radius 2 is 1.80 bits per heavy atom. The molecule has 1 unspecified atom stereocenters. The van der Waals surface area contributed by atoms with E-state index in [0.717, 1.165) is 4.90 Å². The summed E-state index contributed by atoms with van der Waals surface area (Å²) in [6.45, 7) is 3.25. The summed E-state index contributed by atoms with van der Waals surface area (Å²) in [5, 5.41) is 8.92. The standard InChI is InChI=1S/C9H16F3NO2/c1-4-8(3,7(14)15)13(5-2)6-9(10,11)12/h4-6H2,1-3H3,(H,14,15). The summed E-state index contributed by atoms with van der Waals surface area (Å²) in [7, 11) is 0. The molecule has 1 atom stereocenters. The molecule has 0 radical (unpaired) electrons. The van der Waals surface area contributed by atoms with Gasteiger partial charge < -0.3 is 5.11 Å². The number of rotatable bonds is 5. The molecule has 0 aromatic carbocycles. The summed E-state index contributed by atoms with van der Waals surface area (Å²) < 4.78 is 36.6. The number of nitrogens with zero attached hydrogens (tertiary/aromatic N) is 1. The zero-order valence-corrected chi connectivity index (χ0v) is 9.06. The van der Waals surface area contributed by atoms with Crippen molar-refractivity contribution < 1.29 is 23.1 Å². The molecule has 0 aromatic heterocycles. The van der Waals surface area contributed by atoms with Crippen LogP contribution in [0, 0.1) is 0 Å². The van der Waals surface area contributed by atoms with Crippen LogP contribution < -0.4 is 0 Å². The van der Waals surface area contributed by atoms with Crippen LogP contribution in [0.5, 0.6) is 0 Å². The number of alkyl halides is 3. The Kier molecular flexibility index (Phi) is 4.58. The predicted molar refractivity (Wildman–Crippen MR) is 49.6 cm³/mol. The van der Waals surface area contributed by atoms with E-state index in [1.807, 2.05) is 0 Å². The molecule has 0 aliphatic carbocycles. The van der Waals surface area contributed by atoms with Crippen molar-refractivity contribution in [1.29, 1.82) is 0 Å². The smallest absolute Gasteiger partial charge is 0.401 e. The fourth-order valence-corrected chi connectivity index (χ4v) is 1.36. The second-order valence-corrected chi connectivity index (χ2v) is 3.56. The second-order valence-electron chi connectivity index (χ2n) is 3.56. The van der Waals surface area contributed by atoms with E-state index < -0.39 is 24.2 Å². The Morgan fingerprint density at radius 1 is 1.33 bits per heavy atom. The van der Waals surface area contributed by atoms with Crippen molar-refractivity contribution in [2.24, 2.45) is 0 Å². The molecule has 0 saturated carbocycles. The molecule has 0 aromatic rings. The van der Waals surface area contributed by atoms with Crippen molar-refractivity contribution in [3.63, 3.8) is 0 Å². The maximum absolute atomic E-state index is 12.2. The number of carboxylic acid groups (broad SMARTS) is 1. The predicted octanol–water partition coefficient (Wildman–Crippen LogP) is 2.12. The van der Waals surface area contributed by atoms with Crippen LogP contribution in [0.15, 0.2) is 0 Å². The van der Waals surface area contributed by atoms with E-state index in [0.29, 0.717) is 0 Å². The molecule has 90 valence electrons. The number of carbonyl (C=O) groups is 1. The van der Waals surface area contributed by atoms with Gasteiger partial charge in [-0.25, -0.2) is 0 Å². The number of carboxylic acids is 1. The van der Waals surface area contributed by atoms with E-state index in [9.17, 15) is 18.0 Å². The van der Waals surface area contributed by atoms with E-state index in [-0.39, 0.29) is 13.0 Å². The highest BCUT2D eigenvalue weighted by Crippen LogP contribution is 2.25. The van der Waals surface area contributed by atoms with Gasteiger partial charge in [-0.2, -0.15) is 13.2 Å². The summed E-state index contributed by atoms with van der Waals surface area (Å²) in [6, 6.07) is 0. The van der Waals surface area contributed by atoms with Crippen LogP contribution in [0.3, 0.4) is 0 Å². The number of hydrogen-bond donors (Lipinski definition) is 1. The van der Waals surface area contributed by atoms with Crippen LogP contribution >= 0.6 is 0 Å². The van der Waals surface area contributed by atoms with Gasteiger partial charge in [-0.15, -0.1) is 0 Å². The molecule has 3 nitrogen and oxygen atoms in total. The molecule has 0 spiro atoms. The maximum atomic E-state index is 12.2. The first kappa shape index (κ1) is 14.2. The van der Waals surface area contributed by atoms with E-state index in [2.05, 4.69) is 0 Å². The first-order chi connectivity index (χ1) is 6.67. The van der Waals surface area contributed by atoms with Crippen molar-refractivity contribution in [1.82, 2.24) is 4.90 Å². The summed E-state index contributed by atoms with van der Waals surface area (Å²) in [5.74, 6) is -1.23. The number of aliphatic carboxylic acids is 1. The molecule has 0 fully saturated rings. The molecule has 0 rings (SSSR count). The van der Waals surface area contributed by atoms with Crippen LogP contribution in [-0.4, -0.2) is 40.8 Å². The van der Waals surface area contributed by atoms with E-state index in [4.69, 9.17) is 5.11 Å². The molecule has 0 aliphatic heterocycles. The number of likely N-dealkylation sites (N-methyl/N-ethyl adjacent to an activating group) is 1. The average Bonchev–Trinajstić information content (AvgIpc) is 2.11. The third-order valence-corrected chi connectivity index (χ3v) is 2.60. The number of hydrogen-bond acceptors (Lipinski definition) is 2. The van der Waals surface area contributed by atoms with Gasteiger partial charge in [0.05, 0.1) is 6.54 Å². The van der Waals surface area contributed by atoms with Crippen molar-refractivity contribution in [2.75, 3.05) is 13.1 Å². The van der Waals surface area contributed by atoms with Gasteiger partial charge in [-0.3, -0.25) is 9.69 Å². The minimum atomic E-state index is -4.37. The van der Waals surface area contributed by atoms with Gasteiger partial charge in [-0.05, 0) is 19.9 Å². The van der Waals surface area contributed by atoms with Gasteiger partial charge in [0, 0.05) is 0 Å². The Labute approximate surface area is 86.9 Å². The first-order valence-corrected chi connectivity index (χ1v) is 4.72. The minimum Gasteiger partial charge on any atom is -0.480 e. The molecule has 0 saturated heterocycles. The zero-order chi connectivity index (χ0) is 12.3. The lowest BCUT2D eigenvalue weighted by atomic mass is 9.96. The molecule has 15 heavy (non-hydrogen) atoms. The van der Waals surface area contributed by atoms with Gasteiger partial charge in [0.1, 0.15) is 5.54 Å². The van der Waals surface area contributed by atoms with Gasteiger partial charge in [0.15, 0.2) is 0 Å². The topological polar surface area (TPSA) is 40.5 Å². The van der Waals surface area contributed by atoms with E-state index in [1.165, 1.54) is 13.8 Å². The summed E-state index contributed by atoms with van der Waals surface area (Å²) >= 11 is 0. The summed E-state index contributed by atoms with van der Waals surface area (Å²) in [4.78, 5) is 11.9. The van der Waals surface area contributed by atoms with Crippen LogP contribution in [0.2, 0.25) is 0 Å². The highest BCUT2D eigenvalue weighted by molar-refractivity contribution is 5.78. The minimum absolute atomic E-state index is 0.0517. The molecule has 1 N–H and O–H groups in total. The lowest BCUT2D eigenvalue weighted by Gasteiger charge is -2.36. The van der Waals surface area contributed by atoms with Gasteiger partial charge in [0.2, 0.25) is 0 Å². The number of halogens is 3. The molecule has 0 heterocycles. The Balaban J connectivity index is 4.85. The molecular weight excluding hydrogens is 211 g/mol. The van der Waals surface area contributed by atoms with Crippen LogP contribution in [0.1, 0.15) is 27.2 Å². The SMILES string of the molecule is CCN(CC(F)(F)F)C(C)(CC)C(=O)O. The fraction of sp³-hybridized carbons (Fsp3) is 0.889. The van der Waals surface area contributed by atoms with Gasteiger partial charge in [0.25, 0.3) is 0 Å². The molecule has 0 bridgehead atoms. The van der Waals surface area contributed by atoms with Crippen molar-refractivity contribution in [2.45, 2.75) is 38.9 Å². The summed E-state index contributed by atoms with van der Waals surface area (Å²) in [6.07, 6.45) is -4.24. The lowest BCUT2D eigenvalue weighted by Crippen LogP contribution is -2.54. The normalized spacial score (nSPS) is 16.5. The van der Waals surface area contributed by atoms with Crippen LogP contribution in [-0.2, 0) is 4.79 Å². The van der Waals surface area contributed by atoms with Crippen LogP contribution in [0.25, 0.3) is 0 Å². The highest BCUT2D eigenvalue weighted by atomic mass is 19.4. The molecule has 0 amide bonds. The van der Waals surface area contributed by atoms with Gasteiger partial charge in [-0.1, -0.05) is 13.8 Å². The Bertz CT molecular complexity index is 230. The van der Waals surface area contributed by atoms with Gasteiger partial charge >= 0.3 is 12.1 Å². The van der Waals surface area contributed by atoms with Crippen LogP contribution in [0.4, 0.5) is 13.2 Å². The van der Waals surface area contributed by atoms with E-state index >= 15 is 0 Å². The quantitative estimate of drug-likeness (QED) is 0.782. The third-order valence-electron chi connectivity index (χ3n) is 2.60. The Morgan fingerprint density at radius 3 is 2.00 bits per heavy atom. The summed E-state index contributed by atoms with van der Waals surface area (Å²) in [5.41, 5.74) is -1.45. The van der Waals surface area contributed by atoms with E-state index in [1.54, 1.807) is 6.92 Å². The van der Waals surface area contributed by atoms with Crippen molar-refractivity contribution in [3.05, 3.63) is 0 Å². The molecule has 6 heteroatoms. The first-order valence-electron chi connectivity index (χ1n) is 4.72. The zero-order valence-electron chi connectivity index (χ0n) is 9.06. The van der Waals surface area contributed by atoms with Crippen molar-refractivity contribution in [3.8, 4) is 0 Å². The maximum Gasteiger partial charge on any atom is 0.401 e. The Hall–Kier alpha value is -0.780. The average molecular weight is 227 g/mol. The molecular formula is C9H16F3NO2. The fourth-order valence-electron chi connectivity index (χ4n) is 1.36. The monoisotopic (exact) mass is 227 g/mol. The second kappa shape index (κ2) is 4.83. The van der Waals surface area contributed by atoms with Crippen molar-refractivity contribution >= 4 is 5.97 Å². The highest BCUT2D eigenvalue weighted by Gasteiger charge is 2.42. The largest absolute Gasteiger partial charge is 0.480 e. The third kappa shape index (κ3) is 3.70. The lowest BCUT2D eigenvalue weighted by molar-refractivity contribution is -0.172.